The SMILES string of the molecule is CCCCCCCCCCCCCCCCC=O.[Rh].[Rh].[Rh].[Rh].[Rh].[Rh]. The fourth-order valence-corrected chi connectivity index (χ4v) is 2.42. The van der Waals surface area contributed by atoms with Crippen LogP contribution >= 0.6 is 0 Å². The number of hydrogen-bond donors (Lipinski definition) is 0. The van der Waals surface area contributed by atoms with E-state index in [4.69, 9.17) is 0 Å². The molecule has 0 heterocycles. The molecule has 0 unspecified atom stereocenters. The van der Waals surface area contributed by atoms with E-state index >= 15 is 0 Å². The van der Waals surface area contributed by atoms with Gasteiger partial charge >= 0.3 is 0 Å². The molecule has 6 radical (unpaired) electrons. The summed E-state index contributed by atoms with van der Waals surface area (Å²) >= 11 is 0. The fourth-order valence-electron chi connectivity index (χ4n) is 2.42. The van der Waals surface area contributed by atoms with Gasteiger partial charge in [0.05, 0.1) is 0 Å². The van der Waals surface area contributed by atoms with Gasteiger partial charge in [-0.25, -0.2) is 0 Å². The predicted molar refractivity (Wildman–Crippen MR) is 81.0 cm³/mol. The summed E-state index contributed by atoms with van der Waals surface area (Å²) in [6.45, 7) is 2.28. The van der Waals surface area contributed by atoms with E-state index in [1.54, 1.807) is 0 Å². The van der Waals surface area contributed by atoms with Crippen molar-refractivity contribution in [2.75, 3.05) is 0 Å². The number of carbonyl (C=O) groups excluding carboxylic acids is 1. The quantitative estimate of drug-likeness (QED) is 0.112. The van der Waals surface area contributed by atoms with Crippen molar-refractivity contribution in [2.24, 2.45) is 0 Å². The summed E-state index contributed by atoms with van der Waals surface area (Å²) in [6.07, 6.45) is 21.1. The second-order valence-corrected chi connectivity index (χ2v) is 5.55. The van der Waals surface area contributed by atoms with E-state index in [-0.39, 0.29) is 117 Å². The van der Waals surface area contributed by atoms with E-state index in [1.165, 1.54) is 83.5 Å². The molecule has 0 aromatic heterocycles. The van der Waals surface area contributed by atoms with E-state index in [1.807, 2.05) is 0 Å². The van der Waals surface area contributed by atoms with Gasteiger partial charge in [-0.15, -0.1) is 0 Å². The van der Waals surface area contributed by atoms with E-state index in [0.717, 1.165) is 19.1 Å². The van der Waals surface area contributed by atoms with Gasteiger partial charge < -0.3 is 4.79 Å². The van der Waals surface area contributed by atoms with Crippen molar-refractivity contribution in [3.63, 3.8) is 0 Å². The molecule has 7 heteroatoms. The Morgan fingerprint density at radius 3 is 0.958 bits per heavy atom. The molecule has 24 heavy (non-hydrogen) atoms. The van der Waals surface area contributed by atoms with Crippen molar-refractivity contribution in [1.82, 2.24) is 0 Å². The minimum atomic E-state index is 0. The minimum Gasteiger partial charge on any atom is -0.303 e. The average molecular weight is 872 g/mol. The fraction of sp³-hybridized carbons (Fsp3) is 0.941. The Morgan fingerprint density at radius 2 is 0.708 bits per heavy atom. The largest absolute Gasteiger partial charge is 0.303 e. The second kappa shape index (κ2) is 45.3. The van der Waals surface area contributed by atoms with Crippen LogP contribution in [0.4, 0.5) is 0 Å². The smallest absolute Gasteiger partial charge is 0.119 e. The van der Waals surface area contributed by atoms with Crippen LogP contribution in [0.15, 0.2) is 0 Å². The van der Waals surface area contributed by atoms with Gasteiger partial charge in [0.15, 0.2) is 0 Å². The molecule has 1 nitrogen and oxygen atoms in total. The van der Waals surface area contributed by atoms with E-state index in [9.17, 15) is 4.79 Å². The topological polar surface area (TPSA) is 17.1 Å². The molecule has 0 aliphatic carbocycles. The standard InChI is InChI=1S/C17H34O.6Rh/c1-2-3-4-5-6-7-8-9-10-11-12-13-14-15-16-17-18;;;;;;/h17H,2-16H2,1H3;;;;;;. The molecule has 0 aromatic rings. The maximum atomic E-state index is 10.1. The van der Waals surface area contributed by atoms with Gasteiger partial charge in [0.25, 0.3) is 0 Å². The third kappa shape index (κ3) is 44.7. The molecule has 0 aromatic carbocycles. The van der Waals surface area contributed by atoms with Crippen LogP contribution in [0.25, 0.3) is 0 Å². The molecule has 0 atom stereocenters. The number of carbonyl (C=O) groups is 1. The van der Waals surface area contributed by atoms with Crippen LogP contribution in [0.2, 0.25) is 0 Å². The molecule has 0 saturated carbocycles. The average Bonchev–Trinajstić information content (AvgIpc) is 2.39. The molecule has 0 fully saturated rings. The van der Waals surface area contributed by atoms with Crippen molar-refractivity contribution in [1.29, 1.82) is 0 Å². The zero-order valence-corrected chi connectivity index (χ0v) is 24.4. The Bertz CT molecular complexity index is 173. The van der Waals surface area contributed by atoms with Gasteiger partial charge in [0, 0.05) is 123 Å². The summed E-state index contributed by atoms with van der Waals surface area (Å²) in [4.78, 5) is 10.1. The van der Waals surface area contributed by atoms with Crippen LogP contribution in [-0.2, 0) is 122 Å². The Hall–Kier alpha value is 3.41. The minimum absolute atomic E-state index is 0. The van der Waals surface area contributed by atoms with Crippen molar-refractivity contribution < 1.29 is 122 Å². The first-order valence-electron chi connectivity index (χ1n) is 8.35. The third-order valence-electron chi connectivity index (χ3n) is 3.68. The number of hydrogen-bond acceptors (Lipinski definition) is 1. The maximum absolute atomic E-state index is 10.1. The Kier molecular flexibility index (Phi) is 86.6. The van der Waals surface area contributed by atoms with Gasteiger partial charge in [-0.1, -0.05) is 90.4 Å². The Morgan fingerprint density at radius 1 is 0.458 bits per heavy atom. The summed E-state index contributed by atoms with van der Waals surface area (Å²) in [5.41, 5.74) is 0. The zero-order chi connectivity index (χ0) is 13.3. The molecule has 0 aliphatic heterocycles. The molecule has 0 bridgehead atoms. The molecular weight excluding hydrogens is 838 g/mol. The summed E-state index contributed by atoms with van der Waals surface area (Å²) in [5, 5.41) is 0. The van der Waals surface area contributed by atoms with Crippen LogP contribution in [0, 0.1) is 0 Å². The van der Waals surface area contributed by atoms with Crippen molar-refractivity contribution in [3.8, 4) is 0 Å². The number of rotatable bonds is 15. The van der Waals surface area contributed by atoms with Gasteiger partial charge in [0.1, 0.15) is 6.29 Å². The van der Waals surface area contributed by atoms with Crippen LogP contribution in [0.3, 0.4) is 0 Å². The summed E-state index contributed by atoms with van der Waals surface area (Å²) in [7, 11) is 0. The normalized spacial score (nSPS) is 8.04. The molecule has 162 valence electrons. The first-order chi connectivity index (χ1) is 8.91. The van der Waals surface area contributed by atoms with Crippen LogP contribution in [0.1, 0.15) is 103 Å². The summed E-state index contributed by atoms with van der Waals surface area (Å²) < 4.78 is 0. The molecule has 0 N–H and O–H groups in total. The van der Waals surface area contributed by atoms with Crippen molar-refractivity contribution >= 4 is 6.29 Å². The van der Waals surface area contributed by atoms with Gasteiger partial charge in [0.2, 0.25) is 0 Å². The van der Waals surface area contributed by atoms with E-state index < -0.39 is 0 Å². The van der Waals surface area contributed by atoms with E-state index in [0.29, 0.717) is 0 Å². The van der Waals surface area contributed by atoms with Gasteiger partial charge in [-0.3, -0.25) is 0 Å². The molecule has 0 aliphatic rings. The first-order valence-corrected chi connectivity index (χ1v) is 8.35. The third-order valence-corrected chi connectivity index (χ3v) is 3.68. The first kappa shape index (κ1) is 45.9. The summed E-state index contributed by atoms with van der Waals surface area (Å²) in [5.74, 6) is 0. The van der Waals surface area contributed by atoms with Crippen LogP contribution in [0.5, 0.6) is 0 Å². The molecule has 0 spiro atoms. The summed E-state index contributed by atoms with van der Waals surface area (Å²) in [6, 6.07) is 0. The van der Waals surface area contributed by atoms with Gasteiger partial charge in [-0.05, 0) is 6.42 Å². The monoisotopic (exact) mass is 872 g/mol. The van der Waals surface area contributed by atoms with Crippen molar-refractivity contribution in [2.45, 2.75) is 103 Å². The van der Waals surface area contributed by atoms with Crippen LogP contribution < -0.4 is 0 Å². The van der Waals surface area contributed by atoms with Crippen molar-refractivity contribution in [3.05, 3.63) is 0 Å². The predicted octanol–water partition coefficient (Wildman–Crippen LogP) is 6.04. The molecular formula is C17H34ORh6. The Labute approximate surface area is 228 Å². The number of unbranched alkanes of at least 4 members (excludes halogenated alkanes) is 14. The van der Waals surface area contributed by atoms with Crippen LogP contribution in [-0.4, -0.2) is 6.29 Å². The van der Waals surface area contributed by atoms with E-state index in [2.05, 4.69) is 6.92 Å². The molecule has 0 saturated heterocycles. The number of aldehydes is 1. The second-order valence-electron chi connectivity index (χ2n) is 5.55. The molecule has 0 rings (SSSR count). The molecule has 0 amide bonds. The van der Waals surface area contributed by atoms with Gasteiger partial charge in [-0.2, -0.15) is 0 Å². The maximum Gasteiger partial charge on any atom is 0.119 e. The Balaban J connectivity index is -0.0000000963. The zero-order valence-electron chi connectivity index (χ0n) is 14.6.